The van der Waals surface area contributed by atoms with Crippen LogP contribution in [-0.2, 0) is 6.42 Å². The second-order valence-corrected chi connectivity index (χ2v) is 11.2. The van der Waals surface area contributed by atoms with Crippen molar-refractivity contribution in [2.24, 2.45) is 0 Å². The van der Waals surface area contributed by atoms with Crippen LogP contribution in [0, 0.1) is 6.92 Å². The quantitative estimate of drug-likeness (QED) is 0.297. The molecule has 2 aliphatic heterocycles. The van der Waals surface area contributed by atoms with E-state index in [-0.39, 0.29) is 23.4 Å². The molecule has 38 heavy (non-hydrogen) atoms. The standard InChI is InChI=1S/C28H30N6O3S/c1-16-6-12-38-23(16)13-17(2)30-20-5-7-29-26(35)24(20)25-31-21-14-18-19(15-22(21)32-25)28(37)34(27(18)36)11-10-33-8-3-4-9-33/h5-7,12,14-15,17H,3-4,8-11,13H2,1-2H3,(H,31,32)(H2,29,30,35)/t17-/m0/s1. The number of H-pyrrole nitrogens is 2. The highest BCUT2D eigenvalue weighted by Crippen LogP contribution is 2.30. The van der Waals surface area contributed by atoms with Gasteiger partial charge in [-0.05, 0) is 75.0 Å². The highest BCUT2D eigenvalue weighted by Gasteiger charge is 2.36. The number of rotatable bonds is 8. The lowest BCUT2D eigenvalue weighted by Crippen LogP contribution is -2.37. The molecule has 1 saturated heterocycles. The number of nitrogens with one attached hydrogen (secondary N) is 3. The second kappa shape index (κ2) is 9.85. The summed E-state index contributed by atoms with van der Waals surface area (Å²) < 4.78 is 0. The number of amides is 2. The molecule has 3 N–H and O–H groups in total. The van der Waals surface area contributed by atoms with E-state index in [1.807, 2.05) is 6.07 Å². The molecule has 2 amide bonds. The normalized spacial score (nSPS) is 16.5. The number of hydrogen-bond donors (Lipinski definition) is 3. The molecule has 10 heteroatoms. The van der Waals surface area contributed by atoms with Crippen LogP contribution in [0.25, 0.3) is 22.4 Å². The molecule has 0 spiro atoms. The topological polar surface area (TPSA) is 114 Å². The predicted octanol–water partition coefficient (Wildman–Crippen LogP) is 4.02. The highest BCUT2D eigenvalue weighted by molar-refractivity contribution is 7.10. The van der Waals surface area contributed by atoms with Crippen molar-refractivity contribution >= 4 is 39.9 Å². The highest BCUT2D eigenvalue weighted by atomic mass is 32.1. The maximum absolute atomic E-state index is 13.1. The van der Waals surface area contributed by atoms with Crippen molar-refractivity contribution in [3.05, 3.63) is 67.8 Å². The Labute approximate surface area is 223 Å². The van der Waals surface area contributed by atoms with Crippen LogP contribution in [0.3, 0.4) is 0 Å². The summed E-state index contributed by atoms with van der Waals surface area (Å²) in [5.41, 5.74) is 3.93. The van der Waals surface area contributed by atoms with Gasteiger partial charge in [-0.3, -0.25) is 19.3 Å². The van der Waals surface area contributed by atoms with E-state index >= 15 is 0 Å². The molecule has 0 unspecified atom stereocenters. The number of aryl methyl sites for hydroxylation is 1. The first-order chi connectivity index (χ1) is 18.4. The van der Waals surface area contributed by atoms with E-state index in [1.165, 1.54) is 15.3 Å². The average molecular weight is 531 g/mol. The van der Waals surface area contributed by atoms with E-state index in [2.05, 4.69) is 50.5 Å². The lowest BCUT2D eigenvalue weighted by atomic mass is 10.1. The Kier molecular flexibility index (Phi) is 6.37. The molecule has 1 aromatic carbocycles. The van der Waals surface area contributed by atoms with Crippen molar-refractivity contribution in [2.75, 3.05) is 31.5 Å². The van der Waals surface area contributed by atoms with Crippen LogP contribution >= 0.6 is 11.3 Å². The third kappa shape index (κ3) is 4.43. The monoisotopic (exact) mass is 530 g/mol. The fourth-order valence-electron chi connectivity index (χ4n) is 5.40. The SMILES string of the molecule is Cc1ccsc1C[C@H](C)Nc1cc[nH]c(=O)c1-c1nc2cc3c(cc2[nH]1)C(=O)N(CCN1CCCC1)C3=O. The Balaban J connectivity index is 1.27. The summed E-state index contributed by atoms with van der Waals surface area (Å²) in [6.45, 7) is 7.30. The average Bonchev–Trinajstić information content (AvgIpc) is 3.67. The molecule has 4 aromatic rings. The van der Waals surface area contributed by atoms with Gasteiger partial charge in [0.1, 0.15) is 11.4 Å². The van der Waals surface area contributed by atoms with Crippen molar-refractivity contribution in [3.8, 4) is 11.4 Å². The second-order valence-electron chi connectivity index (χ2n) is 10.2. The van der Waals surface area contributed by atoms with Gasteiger partial charge >= 0.3 is 0 Å². The molecule has 0 saturated carbocycles. The predicted molar refractivity (Wildman–Crippen MR) is 149 cm³/mol. The number of fused-ring (bicyclic) bond motifs is 2. The van der Waals surface area contributed by atoms with Gasteiger partial charge in [0, 0.05) is 36.6 Å². The Hall–Kier alpha value is -3.76. The number of carbonyl (C=O) groups is 2. The van der Waals surface area contributed by atoms with Gasteiger partial charge in [-0.1, -0.05) is 0 Å². The van der Waals surface area contributed by atoms with Crippen LogP contribution in [0.5, 0.6) is 0 Å². The van der Waals surface area contributed by atoms with E-state index in [0.29, 0.717) is 52.3 Å². The van der Waals surface area contributed by atoms with Crippen molar-refractivity contribution in [3.63, 3.8) is 0 Å². The summed E-state index contributed by atoms with van der Waals surface area (Å²) in [6, 6.07) is 7.37. The first-order valence-corrected chi connectivity index (χ1v) is 13.9. The minimum Gasteiger partial charge on any atom is -0.381 e. The molecule has 3 aromatic heterocycles. The van der Waals surface area contributed by atoms with Crippen LogP contribution in [0.15, 0.2) is 40.6 Å². The van der Waals surface area contributed by atoms with Crippen LogP contribution in [0.1, 0.15) is 50.9 Å². The van der Waals surface area contributed by atoms with E-state index in [1.54, 1.807) is 29.7 Å². The van der Waals surface area contributed by atoms with Crippen LogP contribution in [0.2, 0.25) is 0 Å². The van der Waals surface area contributed by atoms with E-state index < -0.39 is 0 Å². The molecular weight excluding hydrogens is 500 g/mol. The molecule has 196 valence electrons. The minimum atomic E-state index is -0.284. The fraction of sp³-hybridized carbons (Fsp3) is 0.357. The van der Waals surface area contributed by atoms with Gasteiger partial charge in [-0.15, -0.1) is 11.3 Å². The number of nitrogens with zero attached hydrogens (tertiary/aromatic N) is 3. The molecule has 6 rings (SSSR count). The number of anilines is 1. The summed E-state index contributed by atoms with van der Waals surface area (Å²) in [5.74, 6) is -0.175. The number of pyridine rings is 1. The molecule has 0 radical (unpaired) electrons. The molecule has 1 fully saturated rings. The van der Waals surface area contributed by atoms with E-state index in [0.717, 1.165) is 32.4 Å². The van der Waals surface area contributed by atoms with Crippen LogP contribution < -0.4 is 10.9 Å². The molecule has 5 heterocycles. The van der Waals surface area contributed by atoms with Gasteiger partial charge in [0.25, 0.3) is 17.4 Å². The number of aromatic nitrogens is 3. The molecular formula is C28H30N6O3S. The van der Waals surface area contributed by atoms with Gasteiger partial charge < -0.3 is 20.2 Å². The maximum atomic E-state index is 13.1. The van der Waals surface area contributed by atoms with Crippen LogP contribution in [0.4, 0.5) is 5.69 Å². The zero-order valence-corrected chi connectivity index (χ0v) is 22.3. The summed E-state index contributed by atoms with van der Waals surface area (Å²) in [7, 11) is 0. The number of thiophene rings is 1. The van der Waals surface area contributed by atoms with Gasteiger partial charge in [0.15, 0.2) is 0 Å². The maximum Gasteiger partial charge on any atom is 0.261 e. The van der Waals surface area contributed by atoms with Crippen molar-refractivity contribution in [2.45, 2.75) is 39.2 Å². The van der Waals surface area contributed by atoms with E-state index in [4.69, 9.17) is 0 Å². The number of aromatic amines is 2. The smallest absolute Gasteiger partial charge is 0.261 e. The summed E-state index contributed by atoms with van der Waals surface area (Å²) in [6.07, 6.45) is 4.77. The lowest BCUT2D eigenvalue weighted by Gasteiger charge is -2.19. The van der Waals surface area contributed by atoms with Gasteiger partial charge in [-0.25, -0.2) is 4.98 Å². The molecule has 1 atom stereocenters. The largest absolute Gasteiger partial charge is 0.381 e. The van der Waals surface area contributed by atoms with Gasteiger partial charge in [0.2, 0.25) is 0 Å². The van der Waals surface area contributed by atoms with Crippen molar-refractivity contribution in [1.82, 2.24) is 24.8 Å². The third-order valence-corrected chi connectivity index (χ3v) is 8.52. The van der Waals surface area contributed by atoms with Crippen molar-refractivity contribution in [1.29, 1.82) is 0 Å². The summed E-state index contributed by atoms with van der Waals surface area (Å²) in [4.78, 5) is 54.7. The number of imide groups is 1. The number of imidazole rings is 1. The number of likely N-dealkylation sites (tertiary alicyclic amines) is 1. The van der Waals surface area contributed by atoms with Gasteiger partial charge in [0.05, 0.1) is 27.8 Å². The number of carbonyl (C=O) groups excluding carboxylic acids is 2. The minimum absolute atomic E-state index is 0.0860. The number of benzene rings is 1. The van der Waals surface area contributed by atoms with E-state index in [9.17, 15) is 14.4 Å². The Morgan fingerprint density at radius 3 is 2.58 bits per heavy atom. The molecule has 0 aliphatic carbocycles. The Bertz CT molecular complexity index is 1540. The van der Waals surface area contributed by atoms with Crippen LogP contribution in [-0.4, -0.2) is 68.8 Å². The lowest BCUT2D eigenvalue weighted by molar-refractivity contribution is 0.0640. The third-order valence-electron chi connectivity index (χ3n) is 7.47. The summed E-state index contributed by atoms with van der Waals surface area (Å²) >= 11 is 1.73. The fourth-order valence-corrected chi connectivity index (χ4v) is 6.44. The molecule has 9 nitrogen and oxygen atoms in total. The summed E-state index contributed by atoms with van der Waals surface area (Å²) in [5, 5.41) is 5.56. The zero-order valence-electron chi connectivity index (χ0n) is 21.5. The molecule has 0 bridgehead atoms. The Morgan fingerprint density at radius 1 is 1.08 bits per heavy atom. The van der Waals surface area contributed by atoms with Gasteiger partial charge in [-0.2, -0.15) is 0 Å². The Morgan fingerprint density at radius 2 is 1.84 bits per heavy atom. The first kappa shape index (κ1) is 24.6. The zero-order chi connectivity index (χ0) is 26.4. The van der Waals surface area contributed by atoms with Crippen molar-refractivity contribution < 1.29 is 9.59 Å². The number of hydrogen-bond acceptors (Lipinski definition) is 7. The first-order valence-electron chi connectivity index (χ1n) is 13.0. The molecule has 2 aliphatic rings.